The van der Waals surface area contributed by atoms with Gasteiger partial charge in [-0.2, -0.15) is 0 Å². The summed E-state index contributed by atoms with van der Waals surface area (Å²) in [6.45, 7) is 3.32. The standard InChI is InChI=1S/C16H23N5OS/c1-20(10-13-5-3-7-17-9-13)12-15-18-19-16(23-2)21(15)11-14-6-4-8-22-14/h3,5,7,9,14H,4,6,8,10-12H2,1-2H3/t14-/m0/s1. The molecule has 1 fully saturated rings. The van der Waals surface area contributed by atoms with Crippen molar-refractivity contribution in [2.24, 2.45) is 0 Å². The Morgan fingerprint density at radius 3 is 3.00 bits per heavy atom. The number of ether oxygens (including phenoxy) is 1. The van der Waals surface area contributed by atoms with Gasteiger partial charge in [0.1, 0.15) is 5.82 Å². The summed E-state index contributed by atoms with van der Waals surface area (Å²) in [5.74, 6) is 0.997. The Balaban J connectivity index is 1.67. The quantitative estimate of drug-likeness (QED) is 0.724. The van der Waals surface area contributed by atoms with Crippen molar-refractivity contribution in [3.05, 3.63) is 35.9 Å². The predicted octanol–water partition coefficient (Wildman–Crippen LogP) is 2.21. The van der Waals surface area contributed by atoms with E-state index in [1.165, 1.54) is 5.56 Å². The first-order valence-corrected chi connectivity index (χ1v) is 9.14. The monoisotopic (exact) mass is 333 g/mol. The smallest absolute Gasteiger partial charge is 0.191 e. The first-order valence-electron chi connectivity index (χ1n) is 7.91. The molecule has 0 saturated carbocycles. The molecule has 3 heterocycles. The van der Waals surface area contributed by atoms with E-state index < -0.39 is 0 Å². The maximum Gasteiger partial charge on any atom is 0.191 e. The molecule has 1 saturated heterocycles. The van der Waals surface area contributed by atoms with Crippen molar-refractivity contribution >= 4 is 11.8 Å². The third-order valence-corrected chi connectivity index (χ3v) is 4.64. The van der Waals surface area contributed by atoms with E-state index in [4.69, 9.17) is 4.74 Å². The Kier molecular flexibility index (Phi) is 5.64. The van der Waals surface area contributed by atoms with Crippen LogP contribution in [-0.2, 0) is 24.4 Å². The van der Waals surface area contributed by atoms with Crippen LogP contribution < -0.4 is 0 Å². The maximum absolute atomic E-state index is 5.77. The number of aromatic nitrogens is 4. The third-order valence-electron chi connectivity index (χ3n) is 3.97. The SMILES string of the molecule is CSc1nnc(CN(C)Cc2cccnc2)n1C[C@@H]1CCCO1. The highest BCUT2D eigenvalue weighted by Gasteiger charge is 2.21. The van der Waals surface area contributed by atoms with Gasteiger partial charge < -0.3 is 9.30 Å². The summed E-state index contributed by atoms with van der Waals surface area (Å²) < 4.78 is 7.98. The van der Waals surface area contributed by atoms with Crippen LogP contribution in [0.5, 0.6) is 0 Å². The van der Waals surface area contributed by atoms with Crippen LogP contribution in [0.2, 0.25) is 0 Å². The van der Waals surface area contributed by atoms with E-state index >= 15 is 0 Å². The second-order valence-electron chi connectivity index (χ2n) is 5.88. The molecule has 0 aromatic carbocycles. The predicted molar refractivity (Wildman–Crippen MR) is 90.2 cm³/mol. The number of rotatable bonds is 7. The van der Waals surface area contributed by atoms with Gasteiger partial charge in [0.05, 0.1) is 19.2 Å². The lowest BCUT2D eigenvalue weighted by Gasteiger charge is -2.18. The van der Waals surface area contributed by atoms with E-state index in [-0.39, 0.29) is 0 Å². The molecule has 2 aromatic rings. The van der Waals surface area contributed by atoms with Crippen molar-refractivity contribution in [3.63, 3.8) is 0 Å². The van der Waals surface area contributed by atoms with Crippen LogP contribution in [0.4, 0.5) is 0 Å². The summed E-state index contributed by atoms with van der Waals surface area (Å²) in [5, 5.41) is 9.67. The van der Waals surface area contributed by atoms with Crippen LogP contribution in [0.1, 0.15) is 24.2 Å². The van der Waals surface area contributed by atoms with Crippen molar-refractivity contribution in [1.82, 2.24) is 24.6 Å². The van der Waals surface area contributed by atoms with Crippen LogP contribution in [0.15, 0.2) is 29.7 Å². The van der Waals surface area contributed by atoms with Crippen molar-refractivity contribution in [3.8, 4) is 0 Å². The Hall–Kier alpha value is -1.44. The molecule has 1 atom stereocenters. The Morgan fingerprint density at radius 2 is 2.30 bits per heavy atom. The molecular weight excluding hydrogens is 310 g/mol. The molecule has 3 rings (SSSR count). The highest BCUT2D eigenvalue weighted by molar-refractivity contribution is 7.98. The van der Waals surface area contributed by atoms with Gasteiger partial charge in [0.25, 0.3) is 0 Å². The minimum Gasteiger partial charge on any atom is -0.376 e. The summed E-state index contributed by atoms with van der Waals surface area (Å²) in [6.07, 6.45) is 8.31. The van der Waals surface area contributed by atoms with Gasteiger partial charge in [-0.15, -0.1) is 10.2 Å². The molecule has 1 aliphatic rings. The topological polar surface area (TPSA) is 56.1 Å². The average molecular weight is 333 g/mol. The third kappa shape index (κ3) is 4.31. The van der Waals surface area contributed by atoms with Crippen molar-refractivity contribution < 1.29 is 4.74 Å². The van der Waals surface area contributed by atoms with Crippen molar-refractivity contribution in [1.29, 1.82) is 0 Å². The molecule has 124 valence electrons. The fraction of sp³-hybridized carbons (Fsp3) is 0.562. The largest absolute Gasteiger partial charge is 0.376 e. The van der Waals surface area contributed by atoms with Gasteiger partial charge in [-0.1, -0.05) is 17.8 Å². The summed E-state index contributed by atoms with van der Waals surface area (Å²) in [4.78, 5) is 6.40. The second kappa shape index (κ2) is 7.90. The zero-order valence-corrected chi connectivity index (χ0v) is 14.5. The first-order chi connectivity index (χ1) is 11.3. The zero-order chi connectivity index (χ0) is 16.1. The van der Waals surface area contributed by atoms with Crippen molar-refractivity contribution in [2.45, 2.75) is 43.7 Å². The van der Waals surface area contributed by atoms with E-state index in [0.29, 0.717) is 6.10 Å². The highest BCUT2D eigenvalue weighted by atomic mass is 32.2. The van der Waals surface area contributed by atoms with E-state index in [1.54, 1.807) is 18.0 Å². The molecule has 6 nitrogen and oxygen atoms in total. The molecule has 0 spiro atoms. The maximum atomic E-state index is 5.77. The van der Waals surface area contributed by atoms with Gasteiger partial charge in [0, 0.05) is 25.5 Å². The number of hydrogen-bond donors (Lipinski definition) is 0. The lowest BCUT2D eigenvalue weighted by molar-refractivity contribution is 0.0934. The summed E-state index contributed by atoms with van der Waals surface area (Å²) in [6, 6.07) is 4.06. The summed E-state index contributed by atoms with van der Waals surface area (Å²) in [7, 11) is 2.09. The van der Waals surface area contributed by atoms with Crippen LogP contribution in [0.25, 0.3) is 0 Å². The zero-order valence-electron chi connectivity index (χ0n) is 13.7. The van der Waals surface area contributed by atoms with Gasteiger partial charge in [-0.25, -0.2) is 0 Å². The summed E-state index contributed by atoms with van der Waals surface area (Å²) >= 11 is 1.64. The van der Waals surface area contributed by atoms with Gasteiger partial charge in [0.2, 0.25) is 0 Å². The van der Waals surface area contributed by atoms with Crippen molar-refractivity contribution in [2.75, 3.05) is 19.9 Å². The molecule has 23 heavy (non-hydrogen) atoms. The Morgan fingerprint density at radius 1 is 1.39 bits per heavy atom. The molecule has 0 bridgehead atoms. The molecule has 1 aliphatic heterocycles. The fourth-order valence-corrected chi connectivity index (χ4v) is 3.39. The first kappa shape index (κ1) is 16.4. The van der Waals surface area contributed by atoms with Gasteiger partial charge >= 0.3 is 0 Å². The molecular formula is C16H23N5OS. The minimum absolute atomic E-state index is 0.291. The van der Waals surface area contributed by atoms with Gasteiger partial charge in [-0.05, 0) is 37.8 Å². The molecule has 0 amide bonds. The fourth-order valence-electron chi connectivity index (χ4n) is 2.86. The molecule has 0 aliphatic carbocycles. The van der Waals surface area contributed by atoms with Crippen LogP contribution in [0.3, 0.4) is 0 Å². The number of nitrogens with zero attached hydrogens (tertiary/aromatic N) is 5. The van der Waals surface area contributed by atoms with Crippen LogP contribution in [0, 0.1) is 0 Å². The molecule has 2 aromatic heterocycles. The molecule has 7 heteroatoms. The highest BCUT2D eigenvalue weighted by Crippen LogP contribution is 2.20. The Bertz CT molecular complexity index is 612. The average Bonchev–Trinajstić information content (AvgIpc) is 3.19. The van der Waals surface area contributed by atoms with E-state index in [9.17, 15) is 0 Å². The van der Waals surface area contributed by atoms with E-state index in [1.807, 2.05) is 18.5 Å². The lowest BCUT2D eigenvalue weighted by atomic mass is 10.2. The van der Waals surface area contributed by atoms with Gasteiger partial charge in [0.15, 0.2) is 5.16 Å². The summed E-state index contributed by atoms with van der Waals surface area (Å²) in [5.41, 5.74) is 1.20. The molecule has 0 radical (unpaired) electrons. The van der Waals surface area contributed by atoms with E-state index in [0.717, 1.165) is 50.1 Å². The number of hydrogen-bond acceptors (Lipinski definition) is 6. The Labute approximate surface area is 141 Å². The lowest BCUT2D eigenvalue weighted by Crippen LogP contribution is -2.23. The molecule has 0 N–H and O–H groups in total. The van der Waals surface area contributed by atoms with Crippen LogP contribution in [-0.4, -0.2) is 50.7 Å². The number of thioether (sulfide) groups is 1. The van der Waals surface area contributed by atoms with E-state index in [2.05, 4.69) is 37.8 Å². The van der Waals surface area contributed by atoms with Gasteiger partial charge in [-0.3, -0.25) is 9.88 Å². The minimum atomic E-state index is 0.291. The molecule has 0 unspecified atom stereocenters. The second-order valence-corrected chi connectivity index (χ2v) is 6.66. The number of pyridine rings is 1. The normalized spacial score (nSPS) is 18.0. The van der Waals surface area contributed by atoms with Crippen LogP contribution >= 0.6 is 11.8 Å².